The molecule has 2 atom stereocenters. The van der Waals surface area contributed by atoms with E-state index < -0.39 is 17.0 Å². The highest BCUT2D eigenvalue weighted by Gasteiger charge is 2.30. The summed E-state index contributed by atoms with van der Waals surface area (Å²) in [4.78, 5) is 29.8. The molecule has 0 bridgehead atoms. The van der Waals surface area contributed by atoms with Crippen LogP contribution >= 0.6 is 11.8 Å². The average Bonchev–Trinajstić information content (AvgIpc) is 2.86. The Hall–Kier alpha value is -3.00. The molecule has 10 heteroatoms. The largest absolute Gasteiger partial charge is 0.351 e. The minimum Gasteiger partial charge on any atom is -0.351 e. The van der Waals surface area contributed by atoms with Gasteiger partial charge in [0.1, 0.15) is 6.54 Å². The summed E-state index contributed by atoms with van der Waals surface area (Å²) in [6, 6.07) is 12.7. The third kappa shape index (κ3) is 7.25. The zero-order chi connectivity index (χ0) is 24.3. The van der Waals surface area contributed by atoms with Crippen LogP contribution < -0.4 is 10.6 Å². The van der Waals surface area contributed by atoms with E-state index in [-0.39, 0.29) is 29.0 Å². The molecule has 1 fully saturated rings. The number of pyridine rings is 1. The standard InChI is InChI=1S/C24H26N4O4S2/c25-11-14-27-24(30)21-4-2-1-3-20(21)23(34(31)32)18-5-7-19(8-6-18)33-16-22(29)28-15-17-9-12-26-13-10-17/h5-10,12-13,21H,1-4,14-16H2,(H,27,30)(H,28,29)(H,31,32). The van der Waals surface area contributed by atoms with Crippen LogP contribution in [-0.4, -0.2) is 37.9 Å². The van der Waals surface area contributed by atoms with Crippen molar-refractivity contribution in [3.8, 4) is 6.07 Å². The smallest absolute Gasteiger partial charge is 0.230 e. The first-order valence-corrected chi connectivity index (χ1v) is 13.0. The lowest BCUT2D eigenvalue weighted by Crippen LogP contribution is -2.34. The number of thioether (sulfide) groups is 1. The highest BCUT2D eigenvalue weighted by Crippen LogP contribution is 2.37. The van der Waals surface area contributed by atoms with Gasteiger partial charge in [-0.05, 0) is 60.2 Å². The topological polar surface area (TPSA) is 132 Å². The van der Waals surface area contributed by atoms with E-state index in [0.29, 0.717) is 30.5 Å². The summed E-state index contributed by atoms with van der Waals surface area (Å²) in [6.45, 7) is 0.339. The van der Waals surface area contributed by atoms with Gasteiger partial charge in [0.25, 0.3) is 0 Å². The van der Waals surface area contributed by atoms with Gasteiger partial charge in [0.15, 0.2) is 11.1 Å². The van der Waals surface area contributed by atoms with E-state index in [0.717, 1.165) is 23.3 Å². The van der Waals surface area contributed by atoms with Gasteiger partial charge in [0.2, 0.25) is 11.8 Å². The molecule has 3 N–H and O–H groups in total. The molecule has 8 nitrogen and oxygen atoms in total. The SMILES string of the molecule is N#CCNC(=O)C1CCCCC1=C(c1ccc(SCC(=O)NCc2ccncc2)cc1)S(=O)O. The highest BCUT2D eigenvalue weighted by atomic mass is 32.2. The Labute approximate surface area is 205 Å². The first-order valence-electron chi connectivity index (χ1n) is 10.9. The molecule has 0 radical (unpaired) electrons. The molecule has 2 amide bonds. The molecule has 1 heterocycles. The Kier molecular flexibility index (Phi) is 9.82. The third-order valence-electron chi connectivity index (χ3n) is 5.46. The summed E-state index contributed by atoms with van der Waals surface area (Å²) in [6.07, 6.45) is 6.17. The second-order valence-electron chi connectivity index (χ2n) is 7.72. The zero-order valence-corrected chi connectivity index (χ0v) is 20.2. The molecule has 1 aromatic carbocycles. The lowest BCUT2D eigenvalue weighted by molar-refractivity contribution is -0.124. The number of benzene rings is 1. The van der Waals surface area contributed by atoms with Gasteiger partial charge in [-0.1, -0.05) is 18.6 Å². The molecular weight excluding hydrogens is 472 g/mol. The normalized spacial score (nSPS) is 17.8. The number of carbonyl (C=O) groups excluding carboxylic acids is 2. The molecule has 0 saturated heterocycles. The Morgan fingerprint density at radius 3 is 2.56 bits per heavy atom. The van der Waals surface area contributed by atoms with Gasteiger partial charge >= 0.3 is 0 Å². The summed E-state index contributed by atoms with van der Waals surface area (Å²) < 4.78 is 22.3. The van der Waals surface area contributed by atoms with Gasteiger partial charge in [0, 0.05) is 23.8 Å². The molecule has 1 saturated carbocycles. The molecule has 178 valence electrons. The maximum Gasteiger partial charge on any atom is 0.230 e. The fourth-order valence-corrected chi connectivity index (χ4v) is 5.36. The Morgan fingerprint density at radius 1 is 1.15 bits per heavy atom. The van der Waals surface area contributed by atoms with Gasteiger partial charge in [-0.15, -0.1) is 11.8 Å². The fourth-order valence-electron chi connectivity index (χ4n) is 3.83. The molecule has 0 spiro atoms. The zero-order valence-electron chi connectivity index (χ0n) is 18.5. The average molecular weight is 499 g/mol. The van der Waals surface area contributed by atoms with E-state index in [1.165, 1.54) is 11.8 Å². The summed E-state index contributed by atoms with van der Waals surface area (Å²) in [5.41, 5.74) is 2.19. The predicted molar refractivity (Wildman–Crippen MR) is 132 cm³/mol. The number of hydrogen-bond acceptors (Lipinski definition) is 6. The van der Waals surface area contributed by atoms with Crippen molar-refractivity contribution in [2.24, 2.45) is 5.92 Å². The van der Waals surface area contributed by atoms with Crippen LogP contribution in [0.25, 0.3) is 4.91 Å². The van der Waals surface area contributed by atoms with Crippen molar-refractivity contribution in [2.45, 2.75) is 37.1 Å². The van der Waals surface area contributed by atoms with E-state index in [4.69, 9.17) is 5.26 Å². The lowest BCUT2D eigenvalue weighted by Gasteiger charge is -2.26. The van der Waals surface area contributed by atoms with Crippen molar-refractivity contribution in [3.05, 3.63) is 65.5 Å². The third-order valence-corrected chi connectivity index (χ3v) is 7.32. The Morgan fingerprint density at radius 2 is 1.88 bits per heavy atom. The summed E-state index contributed by atoms with van der Waals surface area (Å²) in [5, 5.41) is 14.2. The second kappa shape index (κ2) is 13.0. The number of nitrogens with zero attached hydrogens (tertiary/aromatic N) is 2. The molecule has 1 aliphatic rings. The van der Waals surface area contributed by atoms with Gasteiger partial charge in [-0.25, -0.2) is 4.21 Å². The van der Waals surface area contributed by atoms with Crippen molar-refractivity contribution in [1.82, 2.24) is 15.6 Å². The van der Waals surface area contributed by atoms with Crippen molar-refractivity contribution in [2.75, 3.05) is 12.3 Å². The van der Waals surface area contributed by atoms with Crippen LogP contribution in [0.2, 0.25) is 0 Å². The summed E-state index contributed by atoms with van der Waals surface area (Å²) in [7, 11) is 0. The van der Waals surface area contributed by atoms with E-state index in [2.05, 4.69) is 15.6 Å². The van der Waals surface area contributed by atoms with E-state index in [1.807, 2.05) is 18.2 Å². The summed E-state index contributed by atoms with van der Waals surface area (Å²) in [5.74, 6) is -0.667. The molecular formula is C24H26N4O4S2. The first-order chi connectivity index (χ1) is 16.5. The van der Waals surface area contributed by atoms with Crippen molar-refractivity contribution in [1.29, 1.82) is 5.26 Å². The van der Waals surface area contributed by atoms with Crippen LogP contribution in [0, 0.1) is 17.2 Å². The minimum absolute atomic E-state index is 0.0950. The van der Waals surface area contributed by atoms with Crippen molar-refractivity contribution >= 4 is 39.6 Å². The van der Waals surface area contributed by atoms with Crippen molar-refractivity contribution in [3.63, 3.8) is 0 Å². The maximum atomic E-state index is 12.6. The van der Waals surface area contributed by atoms with Crippen molar-refractivity contribution < 1.29 is 18.4 Å². The van der Waals surface area contributed by atoms with Gasteiger partial charge in [-0.2, -0.15) is 5.26 Å². The first kappa shape index (κ1) is 25.6. The number of aromatic nitrogens is 1. The number of nitriles is 1. The molecule has 1 aliphatic carbocycles. The number of hydrogen-bond donors (Lipinski definition) is 3. The quantitative estimate of drug-likeness (QED) is 0.275. The van der Waals surface area contributed by atoms with Crippen LogP contribution in [0.15, 0.2) is 59.3 Å². The van der Waals surface area contributed by atoms with Crippen LogP contribution in [0.1, 0.15) is 36.8 Å². The van der Waals surface area contributed by atoms with Crippen LogP contribution in [0.4, 0.5) is 0 Å². The van der Waals surface area contributed by atoms with Gasteiger partial charge in [0.05, 0.1) is 22.6 Å². The van der Waals surface area contributed by atoms with Gasteiger partial charge < -0.3 is 15.2 Å². The number of carbonyl (C=O) groups is 2. The Bertz CT molecular complexity index is 1100. The second-order valence-corrected chi connectivity index (χ2v) is 9.68. The number of nitrogens with one attached hydrogen (secondary N) is 2. The predicted octanol–water partition coefficient (Wildman–Crippen LogP) is 3.25. The van der Waals surface area contributed by atoms with Crippen LogP contribution in [0.5, 0.6) is 0 Å². The Balaban J connectivity index is 1.67. The fraction of sp³-hybridized carbons (Fsp3) is 0.333. The number of amides is 2. The molecule has 3 rings (SSSR count). The van der Waals surface area contributed by atoms with Gasteiger partial charge in [-0.3, -0.25) is 14.6 Å². The van der Waals surface area contributed by atoms with Crippen LogP contribution in [0.3, 0.4) is 0 Å². The highest BCUT2D eigenvalue weighted by molar-refractivity contribution is 8.00. The number of rotatable bonds is 9. The lowest BCUT2D eigenvalue weighted by atomic mass is 9.82. The van der Waals surface area contributed by atoms with E-state index >= 15 is 0 Å². The maximum absolute atomic E-state index is 12.6. The van der Waals surface area contributed by atoms with E-state index in [1.54, 1.807) is 36.7 Å². The molecule has 34 heavy (non-hydrogen) atoms. The molecule has 0 aliphatic heterocycles. The minimum atomic E-state index is -2.27. The monoisotopic (exact) mass is 498 g/mol. The summed E-state index contributed by atoms with van der Waals surface area (Å²) >= 11 is -0.905. The van der Waals surface area contributed by atoms with E-state index in [9.17, 15) is 18.4 Å². The van der Waals surface area contributed by atoms with Crippen LogP contribution in [-0.2, 0) is 27.2 Å². The molecule has 2 unspecified atom stereocenters. The molecule has 1 aromatic heterocycles. The molecule has 2 aromatic rings.